The first-order valence-corrected chi connectivity index (χ1v) is 4.68. The molecule has 1 heterocycles. The van der Waals surface area contributed by atoms with Crippen LogP contribution in [0.2, 0.25) is 0 Å². The average molecular weight is 222 g/mol. The smallest absolute Gasteiger partial charge is 0.337 e. The van der Waals surface area contributed by atoms with Crippen molar-refractivity contribution in [2.75, 3.05) is 12.8 Å². The molecule has 0 radical (unpaired) electrons. The molecule has 0 saturated carbocycles. The normalized spacial score (nSPS) is 10.4. The van der Waals surface area contributed by atoms with Gasteiger partial charge >= 0.3 is 6.01 Å². The number of nitrogens with two attached hydrogens (primary N) is 1. The summed E-state index contributed by atoms with van der Waals surface area (Å²) in [6.45, 7) is 0.361. The topological polar surface area (TPSA) is 66.0 Å². The van der Waals surface area contributed by atoms with Gasteiger partial charge in [0.15, 0.2) is 0 Å². The van der Waals surface area contributed by atoms with Crippen molar-refractivity contribution in [3.05, 3.63) is 35.6 Å². The number of hydrogen-bond acceptors (Lipinski definition) is 4. The van der Waals surface area contributed by atoms with Crippen LogP contribution in [0.15, 0.2) is 24.3 Å². The van der Waals surface area contributed by atoms with Gasteiger partial charge in [-0.15, -0.1) is 5.10 Å². The number of ether oxygens (including phenoxy) is 1. The van der Waals surface area contributed by atoms with Crippen LogP contribution in [0.3, 0.4) is 0 Å². The number of rotatable bonds is 3. The highest BCUT2D eigenvalue weighted by Crippen LogP contribution is 2.11. The van der Waals surface area contributed by atoms with E-state index in [1.54, 1.807) is 12.1 Å². The highest BCUT2D eigenvalue weighted by atomic mass is 19.1. The molecule has 16 heavy (non-hydrogen) atoms. The molecule has 0 spiro atoms. The van der Waals surface area contributed by atoms with Gasteiger partial charge in [0.1, 0.15) is 5.82 Å². The van der Waals surface area contributed by atoms with Gasteiger partial charge in [-0.1, -0.05) is 12.1 Å². The molecule has 0 aliphatic carbocycles. The number of benzene rings is 1. The van der Waals surface area contributed by atoms with Crippen LogP contribution < -0.4 is 10.5 Å². The van der Waals surface area contributed by atoms with Crippen LogP contribution in [0, 0.1) is 5.82 Å². The van der Waals surface area contributed by atoms with Crippen molar-refractivity contribution in [1.82, 2.24) is 14.8 Å². The van der Waals surface area contributed by atoms with Gasteiger partial charge in [0.2, 0.25) is 5.95 Å². The average Bonchev–Trinajstić information content (AvgIpc) is 2.60. The second-order valence-electron chi connectivity index (χ2n) is 3.24. The SMILES string of the molecule is COc1nc(N)n(Cc2cccc(F)c2)n1. The molecular formula is C10H11FN4O. The maximum atomic E-state index is 12.9. The first-order valence-electron chi connectivity index (χ1n) is 4.68. The van der Waals surface area contributed by atoms with Crippen LogP contribution >= 0.6 is 0 Å². The molecule has 0 aliphatic heterocycles. The van der Waals surface area contributed by atoms with Crippen molar-refractivity contribution < 1.29 is 9.13 Å². The molecule has 0 unspecified atom stereocenters. The summed E-state index contributed by atoms with van der Waals surface area (Å²) in [6, 6.07) is 6.43. The summed E-state index contributed by atoms with van der Waals surface area (Å²) in [6.07, 6.45) is 0. The Kier molecular flexibility index (Phi) is 2.72. The first kappa shape index (κ1) is 10.4. The van der Waals surface area contributed by atoms with Crippen LogP contribution in [0.25, 0.3) is 0 Å². The van der Waals surface area contributed by atoms with Crippen molar-refractivity contribution in [1.29, 1.82) is 0 Å². The fraction of sp³-hybridized carbons (Fsp3) is 0.200. The minimum absolute atomic E-state index is 0.203. The van der Waals surface area contributed by atoms with Crippen LogP contribution in [0.5, 0.6) is 6.01 Å². The van der Waals surface area contributed by atoms with E-state index < -0.39 is 0 Å². The number of halogens is 1. The molecule has 0 bridgehead atoms. The second kappa shape index (κ2) is 4.18. The molecule has 0 fully saturated rings. The summed E-state index contributed by atoms with van der Waals surface area (Å²) in [7, 11) is 1.46. The van der Waals surface area contributed by atoms with Gasteiger partial charge < -0.3 is 10.5 Å². The lowest BCUT2D eigenvalue weighted by Gasteiger charge is -2.02. The summed E-state index contributed by atoms with van der Waals surface area (Å²) >= 11 is 0. The van der Waals surface area contributed by atoms with Gasteiger partial charge in [0.05, 0.1) is 13.7 Å². The fourth-order valence-electron chi connectivity index (χ4n) is 1.34. The van der Waals surface area contributed by atoms with Crippen molar-refractivity contribution in [2.45, 2.75) is 6.54 Å². The van der Waals surface area contributed by atoms with Crippen LogP contribution in [-0.4, -0.2) is 21.9 Å². The highest BCUT2D eigenvalue weighted by Gasteiger charge is 2.07. The fourth-order valence-corrected chi connectivity index (χ4v) is 1.34. The Hall–Kier alpha value is -2.11. The van der Waals surface area contributed by atoms with E-state index in [0.29, 0.717) is 6.54 Å². The van der Waals surface area contributed by atoms with E-state index >= 15 is 0 Å². The van der Waals surface area contributed by atoms with Crippen LogP contribution in [-0.2, 0) is 6.54 Å². The lowest BCUT2D eigenvalue weighted by molar-refractivity contribution is 0.377. The molecule has 2 rings (SSSR count). The molecule has 6 heteroatoms. The van der Waals surface area contributed by atoms with Gasteiger partial charge in [-0.3, -0.25) is 0 Å². The Bertz CT molecular complexity index is 497. The largest absolute Gasteiger partial charge is 0.466 e. The zero-order valence-electron chi connectivity index (χ0n) is 8.72. The zero-order valence-corrected chi connectivity index (χ0v) is 8.72. The summed E-state index contributed by atoms with van der Waals surface area (Å²) in [5.41, 5.74) is 6.38. The van der Waals surface area contributed by atoms with E-state index in [0.717, 1.165) is 5.56 Å². The predicted molar refractivity (Wildman–Crippen MR) is 56.5 cm³/mol. The minimum Gasteiger partial charge on any atom is -0.466 e. The maximum Gasteiger partial charge on any atom is 0.337 e. The van der Waals surface area contributed by atoms with E-state index in [2.05, 4.69) is 10.1 Å². The van der Waals surface area contributed by atoms with Crippen molar-refractivity contribution in [3.8, 4) is 6.01 Å². The van der Waals surface area contributed by atoms with Crippen molar-refractivity contribution >= 4 is 5.95 Å². The number of anilines is 1. The van der Waals surface area contributed by atoms with E-state index in [-0.39, 0.29) is 17.8 Å². The third-order valence-electron chi connectivity index (χ3n) is 2.08. The zero-order chi connectivity index (χ0) is 11.5. The monoisotopic (exact) mass is 222 g/mol. The molecule has 0 saturated heterocycles. The summed E-state index contributed by atoms with van der Waals surface area (Å²) in [5, 5.41) is 3.99. The number of methoxy groups -OCH3 is 1. The molecule has 2 N–H and O–H groups in total. The van der Waals surface area contributed by atoms with E-state index in [9.17, 15) is 4.39 Å². The van der Waals surface area contributed by atoms with Gasteiger partial charge in [0, 0.05) is 0 Å². The van der Waals surface area contributed by atoms with Crippen LogP contribution in [0.4, 0.5) is 10.3 Å². The van der Waals surface area contributed by atoms with Crippen molar-refractivity contribution in [3.63, 3.8) is 0 Å². The summed E-state index contributed by atoms with van der Waals surface area (Å²) < 4.78 is 19.2. The maximum absolute atomic E-state index is 12.9. The number of nitrogen functional groups attached to an aromatic ring is 1. The molecule has 2 aromatic rings. The minimum atomic E-state index is -0.289. The van der Waals surface area contributed by atoms with Crippen LogP contribution in [0.1, 0.15) is 5.56 Å². The molecule has 1 aromatic heterocycles. The molecule has 0 atom stereocenters. The number of aromatic nitrogens is 3. The molecule has 1 aromatic carbocycles. The van der Waals surface area contributed by atoms with Crippen molar-refractivity contribution in [2.24, 2.45) is 0 Å². The lowest BCUT2D eigenvalue weighted by Crippen LogP contribution is -2.06. The summed E-state index contributed by atoms with van der Waals surface area (Å²) in [5.74, 6) is -0.0516. The van der Waals surface area contributed by atoms with E-state index in [1.807, 2.05) is 0 Å². The Morgan fingerprint density at radius 1 is 1.50 bits per heavy atom. The van der Waals surface area contributed by atoms with Gasteiger partial charge in [-0.25, -0.2) is 9.07 Å². The Morgan fingerprint density at radius 2 is 2.31 bits per heavy atom. The second-order valence-corrected chi connectivity index (χ2v) is 3.24. The van der Waals surface area contributed by atoms with Gasteiger partial charge in [-0.05, 0) is 17.7 Å². The number of nitrogens with zero attached hydrogens (tertiary/aromatic N) is 3. The molecule has 84 valence electrons. The predicted octanol–water partition coefficient (Wildman–Crippen LogP) is 1.06. The molecule has 5 nitrogen and oxygen atoms in total. The molecular weight excluding hydrogens is 211 g/mol. The van der Waals surface area contributed by atoms with Gasteiger partial charge in [0.25, 0.3) is 0 Å². The Labute approximate surface area is 91.7 Å². The summed E-state index contributed by atoms with van der Waals surface area (Å²) in [4.78, 5) is 3.86. The Balaban J connectivity index is 2.23. The first-order chi connectivity index (χ1) is 7.69. The van der Waals surface area contributed by atoms with E-state index in [1.165, 1.54) is 23.9 Å². The number of hydrogen-bond donors (Lipinski definition) is 1. The van der Waals surface area contributed by atoms with Gasteiger partial charge in [-0.2, -0.15) is 4.98 Å². The molecule has 0 aliphatic rings. The molecule has 0 amide bonds. The lowest BCUT2D eigenvalue weighted by atomic mass is 10.2. The highest BCUT2D eigenvalue weighted by molar-refractivity contribution is 5.22. The standard InChI is InChI=1S/C10H11FN4O/c1-16-10-13-9(12)15(14-10)6-7-3-2-4-8(11)5-7/h2-5H,6H2,1H3,(H2,12,13,14). The quantitative estimate of drug-likeness (QED) is 0.843. The third-order valence-corrected chi connectivity index (χ3v) is 2.08. The Morgan fingerprint density at radius 3 is 2.94 bits per heavy atom. The third kappa shape index (κ3) is 2.10. The van der Waals surface area contributed by atoms with E-state index in [4.69, 9.17) is 10.5 Å².